The number of hydrogen-bond donors (Lipinski definition) is 2. The van der Waals surface area contributed by atoms with Crippen molar-refractivity contribution in [1.29, 1.82) is 0 Å². The van der Waals surface area contributed by atoms with Crippen LogP contribution in [0.15, 0.2) is 12.2 Å². The normalized spacial score (nSPS) is 13.8. The fourth-order valence-corrected chi connectivity index (χ4v) is 1.46. The Labute approximate surface area is 115 Å². The molecule has 1 aliphatic rings. The number of amides is 3. The average Bonchev–Trinajstić information content (AvgIpc) is 3.18. The molecule has 0 unspecified atom stereocenters. The number of carboxylic acids is 1. The number of nitrogens with one attached hydrogen (secondary N) is 1. The SMILES string of the molecule is CCOC(=O)CN(C(=O)NC(=O)C=CC(=O)O)C1CC1. The van der Waals surface area contributed by atoms with Crippen LogP contribution in [0, 0.1) is 0 Å². The number of carbonyl (C=O) groups is 4. The van der Waals surface area contributed by atoms with Gasteiger partial charge in [0, 0.05) is 18.2 Å². The molecule has 0 radical (unpaired) electrons. The molecule has 1 aliphatic carbocycles. The van der Waals surface area contributed by atoms with Gasteiger partial charge in [0.2, 0.25) is 0 Å². The summed E-state index contributed by atoms with van der Waals surface area (Å²) in [6.45, 7) is 1.62. The van der Waals surface area contributed by atoms with E-state index in [4.69, 9.17) is 9.84 Å². The number of nitrogens with zero attached hydrogens (tertiary/aromatic N) is 1. The molecule has 3 amide bonds. The van der Waals surface area contributed by atoms with E-state index in [1.165, 1.54) is 4.90 Å². The number of urea groups is 1. The molecule has 0 heterocycles. The smallest absolute Gasteiger partial charge is 0.328 e. The number of ether oxygens (including phenoxy) is 1. The topological polar surface area (TPSA) is 113 Å². The second-order valence-electron chi connectivity index (χ2n) is 4.13. The highest BCUT2D eigenvalue weighted by Gasteiger charge is 2.34. The molecule has 0 aromatic heterocycles. The van der Waals surface area contributed by atoms with Crippen LogP contribution in [0.25, 0.3) is 0 Å². The molecule has 1 rings (SSSR count). The van der Waals surface area contributed by atoms with Gasteiger partial charge in [-0.1, -0.05) is 0 Å². The van der Waals surface area contributed by atoms with E-state index in [0.717, 1.165) is 18.9 Å². The van der Waals surface area contributed by atoms with Gasteiger partial charge in [-0.25, -0.2) is 9.59 Å². The van der Waals surface area contributed by atoms with Crippen LogP contribution in [0.2, 0.25) is 0 Å². The Kier molecular flexibility index (Phi) is 5.70. The van der Waals surface area contributed by atoms with E-state index in [-0.39, 0.29) is 19.2 Å². The molecule has 0 bridgehead atoms. The number of imide groups is 1. The molecule has 0 spiro atoms. The first-order chi connectivity index (χ1) is 9.43. The Morgan fingerprint density at radius 2 is 1.95 bits per heavy atom. The van der Waals surface area contributed by atoms with Gasteiger partial charge in [0.25, 0.3) is 5.91 Å². The average molecular weight is 284 g/mol. The van der Waals surface area contributed by atoms with Crippen molar-refractivity contribution in [2.24, 2.45) is 0 Å². The Balaban J connectivity index is 2.54. The number of hydrogen-bond acceptors (Lipinski definition) is 5. The van der Waals surface area contributed by atoms with E-state index in [9.17, 15) is 19.2 Å². The molecular formula is C12H16N2O6. The summed E-state index contributed by atoms with van der Waals surface area (Å²) in [7, 11) is 0. The summed E-state index contributed by atoms with van der Waals surface area (Å²) in [5, 5.41) is 10.4. The Morgan fingerprint density at radius 3 is 2.45 bits per heavy atom. The van der Waals surface area contributed by atoms with Crippen molar-refractivity contribution in [2.75, 3.05) is 13.2 Å². The van der Waals surface area contributed by atoms with Crippen molar-refractivity contribution in [1.82, 2.24) is 10.2 Å². The minimum Gasteiger partial charge on any atom is -0.478 e. The van der Waals surface area contributed by atoms with Gasteiger partial charge < -0.3 is 14.7 Å². The van der Waals surface area contributed by atoms with E-state index in [2.05, 4.69) is 0 Å². The molecule has 0 aliphatic heterocycles. The molecule has 8 heteroatoms. The molecule has 0 aromatic carbocycles. The van der Waals surface area contributed by atoms with Crippen LogP contribution in [0.3, 0.4) is 0 Å². The van der Waals surface area contributed by atoms with E-state index in [0.29, 0.717) is 6.08 Å². The zero-order valence-electron chi connectivity index (χ0n) is 11.0. The van der Waals surface area contributed by atoms with Gasteiger partial charge in [-0.2, -0.15) is 0 Å². The Morgan fingerprint density at radius 1 is 1.30 bits per heavy atom. The van der Waals surface area contributed by atoms with Crippen LogP contribution in [0.5, 0.6) is 0 Å². The van der Waals surface area contributed by atoms with Crippen LogP contribution >= 0.6 is 0 Å². The van der Waals surface area contributed by atoms with Gasteiger partial charge in [0.15, 0.2) is 0 Å². The zero-order valence-corrected chi connectivity index (χ0v) is 11.0. The standard InChI is InChI=1S/C12H16N2O6/c1-2-20-11(18)7-14(8-3-4-8)12(19)13-9(15)5-6-10(16)17/h5-6,8H,2-4,7H2,1H3,(H,16,17)(H,13,15,19). The van der Waals surface area contributed by atoms with Gasteiger partial charge in [-0.15, -0.1) is 0 Å². The Hall–Kier alpha value is -2.38. The molecule has 1 fully saturated rings. The monoisotopic (exact) mass is 284 g/mol. The van der Waals surface area contributed by atoms with Gasteiger partial charge in [0.1, 0.15) is 6.54 Å². The maximum Gasteiger partial charge on any atom is 0.328 e. The van der Waals surface area contributed by atoms with Crippen LogP contribution in [0.1, 0.15) is 19.8 Å². The third-order valence-corrected chi connectivity index (χ3v) is 2.46. The molecule has 20 heavy (non-hydrogen) atoms. The third-order valence-electron chi connectivity index (χ3n) is 2.46. The predicted octanol–water partition coefficient (Wildman–Crippen LogP) is -0.109. The highest BCUT2D eigenvalue weighted by atomic mass is 16.5. The first-order valence-electron chi connectivity index (χ1n) is 6.12. The molecule has 0 aromatic rings. The van der Waals surface area contributed by atoms with Gasteiger partial charge in [-0.3, -0.25) is 14.9 Å². The minimum atomic E-state index is -1.29. The van der Waals surface area contributed by atoms with Crippen molar-refractivity contribution >= 4 is 23.9 Å². The molecule has 8 nitrogen and oxygen atoms in total. The highest BCUT2D eigenvalue weighted by molar-refractivity contribution is 6.03. The van der Waals surface area contributed by atoms with Crippen molar-refractivity contribution in [3.05, 3.63) is 12.2 Å². The fourth-order valence-electron chi connectivity index (χ4n) is 1.46. The zero-order chi connectivity index (χ0) is 15.1. The highest BCUT2D eigenvalue weighted by Crippen LogP contribution is 2.26. The van der Waals surface area contributed by atoms with Crippen LogP contribution in [-0.2, 0) is 19.1 Å². The first kappa shape index (κ1) is 15.7. The molecular weight excluding hydrogens is 268 g/mol. The summed E-state index contributed by atoms with van der Waals surface area (Å²) in [6.07, 6.45) is 2.86. The number of rotatable bonds is 6. The second kappa shape index (κ2) is 7.27. The van der Waals surface area contributed by atoms with Crippen LogP contribution in [-0.4, -0.2) is 53.1 Å². The molecule has 0 saturated heterocycles. The fraction of sp³-hybridized carbons (Fsp3) is 0.500. The number of carboxylic acid groups (broad SMARTS) is 1. The number of aliphatic carboxylic acids is 1. The summed E-state index contributed by atoms with van der Waals surface area (Å²) < 4.78 is 4.75. The lowest BCUT2D eigenvalue weighted by molar-refractivity contribution is -0.144. The molecule has 0 atom stereocenters. The first-order valence-corrected chi connectivity index (χ1v) is 6.12. The maximum absolute atomic E-state index is 11.8. The maximum atomic E-state index is 11.8. The van der Waals surface area contributed by atoms with E-state index in [1.54, 1.807) is 6.92 Å². The molecule has 2 N–H and O–H groups in total. The number of esters is 1. The number of carbonyl (C=O) groups excluding carboxylic acids is 3. The van der Waals surface area contributed by atoms with Crippen LogP contribution in [0.4, 0.5) is 4.79 Å². The van der Waals surface area contributed by atoms with Gasteiger partial charge >= 0.3 is 18.0 Å². The van der Waals surface area contributed by atoms with Crippen molar-refractivity contribution in [3.8, 4) is 0 Å². The van der Waals surface area contributed by atoms with Crippen molar-refractivity contribution < 1.29 is 29.0 Å². The lowest BCUT2D eigenvalue weighted by atomic mass is 10.4. The lowest BCUT2D eigenvalue weighted by Gasteiger charge is -2.20. The summed E-state index contributed by atoms with van der Waals surface area (Å²) >= 11 is 0. The van der Waals surface area contributed by atoms with Crippen molar-refractivity contribution in [3.63, 3.8) is 0 Å². The van der Waals surface area contributed by atoms with Crippen molar-refractivity contribution in [2.45, 2.75) is 25.8 Å². The predicted molar refractivity (Wildman–Crippen MR) is 66.7 cm³/mol. The summed E-state index contributed by atoms with van der Waals surface area (Å²) in [5.41, 5.74) is 0. The van der Waals surface area contributed by atoms with Gasteiger partial charge in [0.05, 0.1) is 6.61 Å². The second-order valence-corrected chi connectivity index (χ2v) is 4.13. The van der Waals surface area contributed by atoms with Gasteiger partial charge in [-0.05, 0) is 19.8 Å². The summed E-state index contributed by atoms with van der Waals surface area (Å²) in [6, 6.07) is -0.823. The third kappa shape index (κ3) is 5.51. The molecule has 1 saturated carbocycles. The molecule has 110 valence electrons. The van der Waals surface area contributed by atoms with E-state index < -0.39 is 23.9 Å². The lowest BCUT2D eigenvalue weighted by Crippen LogP contribution is -2.46. The summed E-state index contributed by atoms with van der Waals surface area (Å²) in [5.74, 6) is -2.70. The quantitative estimate of drug-likeness (QED) is 0.520. The van der Waals surface area contributed by atoms with Crippen LogP contribution < -0.4 is 5.32 Å². The minimum absolute atomic E-state index is 0.0874. The van der Waals surface area contributed by atoms with E-state index in [1.807, 2.05) is 5.32 Å². The van der Waals surface area contributed by atoms with E-state index >= 15 is 0 Å². The summed E-state index contributed by atoms with van der Waals surface area (Å²) in [4.78, 5) is 45.9. The largest absolute Gasteiger partial charge is 0.478 e. The Bertz CT molecular complexity index is 441.